The number of hydrogen-bond acceptors (Lipinski definition) is 10. The molecule has 3 aliphatic rings. The summed E-state index contributed by atoms with van der Waals surface area (Å²) in [5, 5.41) is 3.32. The van der Waals surface area contributed by atoms with Crippen LogP contribution in [-0.2, 0) is 33.5 Å². The Morgan fingerprint density at radius 3 is 2.40 bits per heavy atom. The standard InChI is InChI=1S/C25H45N3O5.C8H16FNO2/c1-20(18-29)22(30)9-11-24(2,33-5)10-7-15-27(3)25(19-32-4)12-16-28(17-13-25)23(31)21-8-6-14-26-21;1-6-4-7(10(2)3)5-8(11-6)12-9/h18,20-21,26H,6-17,19H2,1-5H3;6-8H,4-5H2,1-3H3/t20?,21-,24-;6-,7?,8?/m11/s1. The van der Waals surface area contributed by atoms with Gasteiger partial charge in [0.15, 0.2) is 6.29 Å². The van der Waals surface area contributed by atoms with Crippen molar-refractivity contribution in [2.75, 3.05) is 68.1 Å². The first-order valence-electron chi connectivity index (χ1n) is 16.7. The quantitative estimate of drug-likeness (QED) is 0.198. The molecule has 0 radical (unpaired) electrons. The van der Waals surface area contributed by atoms with Gasteiger partial charge in [0.25, 0.3) is 0 Å². The fourth-order valence-corrected chi connectivity index (χ4v) is 6.66. The first kappa shape index (κ1) is 39.6. The van der Waals surface area contributed by atoms with Gasteiger partial charge in [0.1, 0.15) is 12.1 Å². The molecule has 0 bridgehead atoms. The first-order chi connectivity index (χ1) is 21.3. The minimum atomic E-state index is -0.679. The zero-order chi connectivity index (χ0) is 33.6. The Morgan fingerprint density at radius 1 is 1.18 bits per heavy atom. The van der Waals surface area contributed by atoms with Crippen molar-refractivity contribution < 1.29 is 38.1 Å². The van der Waals surface area contributed by atoms with Crippen LogP contribution >= 0.6 is 0 Å². The maximum absolute atomic E-state index is 12.8. The van der Waals surface area contributed by atoms with Gasteiger partial charge in [-0.3, -0.25) is 14.5 Å². The number of hydrogen-bond donors (Lipinski definition) is 1. The third-order valence-electron chi connectivity index (χ3n) is 10.2. The van der Waals surface area contributed by atoms with E-state index in [4.69, 9.17) is 14.2 Å². The van der Waals surface area contributed by atoms with Crippen LogP contribution in [-0.4, -0.2) is 136 Å². The van der Waals surface area contributed by atoms with Gasteiger partial charge in [-0.05, 0) is 111 Å². The van der Waals surface area contributed by atoms with Crippen LogP contribution < -0.4 is 5.32 Å². The molecule has 12 heteroatoms. The molecule has 0 aliphatic carbocycles. The topological polar surface area (TPSA) is 110 Å². The van der Waals surface area contributed by atoms with Crippen molar-refractivity contribution in [2.24, 2.45) is 5.92 Å². The predicted octanol–water partition coefficient (Wildman–Crippen LogP) is 3.39. The Kier molecular flexibility index (Phi) is 17.0. The maximum Gasteiger partial charge on any atom is 0.239 e. The Labute approximate surface area is 270 Å². The van der Waals surface area contributed by atoms with Gasteiger partial charge in [0, 0.05) is 51.7 Å². The number of piperidine rings is 1. The average Bonchev–Trinajstić information content (AvgIpc) is 3.58. The molecular formula is C33H61FN4O7. The number of ether oxygens (including phenoxy) is 3. The Bertz CT molecular complexity index is 898. The normalized spacial score (nSPS) is 27.0. The lowest BCUT2D eigenvalue weighted by Gasteiger charge is -2.47. The van der Waals surface area contributed by atoms with Crippen LogP contribution in [0.5, 0.6) is 0 Å². The van der Waals surface area contributed by atoms with E-state index in [1.807, 2.05) is 32.8 Å². The lowest BCUT2D eigenvalue weighted by atomic mass is 9.85. The van der Waals surface area contributed by atoms with Gasteiger partial charge in [0.2, 0.25) is 5.91 Å². The number of methoxy groups -OCH3 is 2. The third-order valence-corrected chi connectivity index (χ3v) is 10.2. The van der Waals surface area contributed by atoms with Crippen molar-refractivity contribution in [3.63, 3.8) is 0 Å². The number of rotatable bonds is 16. The van der Waals surface area contributed by atoms with E-state index in [9.17, 15) is 18.9 Å². The highest BCUT2D eigenvalue weighted by Crippen LogP contribution is 2.31. The van der Waals surface area contributed by atoms with Crippen molar-refractivity contribution in [3.05, 3.63) is 0 Å². The van der Waals surface area contributed by atoms with Crippen LogP contribution in [0.15, 0.2) is 0 Å². The summed E-state index contributed by atoms with van der Waals surface area (Å²) in [6.07, 6.45) is 8.18. The summed E-state index contributed by atoms with van der Waals surface area (Å²) in [7, 11) is 9.55. The molecule has 3 heterocycles. The minimum Gasteiger partial charge on any atom is -0.383 e. The van der Waals surface area contributed by atoms with Crippen LogP contribution in [0.2, 0.25) is 0 Å². The number of likely N-dealkylation sites (N-methyl/N-ethyl adjacent to an activating group) is 1. The number of carbonyl (C=O) groups is 3. The predicted molar refractivity (Wildman–Crippen MR) is 171 cm³/mol. The molecule has 0 aromatic heterocycles. The van der Waals surface area contributed by atoms with Crippen molar-refractivity contribution in [1.29, 1.82) is 0 Å². The van der Waals surface area contributed by atoms with Crippen LogP contribution in [0.25, 0.3) is 0 Å². The SMILES string of the molecule is COCC1(N(C)CCC[C@](C)(CCC(=O)C(C)C=O)OC)CCN(C(=O)[C@H]2CCCN2)CC1.C[C@@H]1CC(N(C)C)CC(OF)O1. The summed E-state index contributed by atoms with van der Waals surface area (Å²) in [5.41, 5.74) is -0.467. The Hall–Kier alpha value is -1.54. The smallest absolute Gasteiger partial charge is 0.239 e. The summed E-state index contributed by atoms with van der Waals surface area (Å²) < 4.78 is 28.4. The lowest BCUT2D eigenvalue weighted by Crippen LogP contribution is -2.59. The van der Waals surface area contributed by atoms with E-state index < -0.39 is 17.8 Å². The fourth-order valence-electron chi connectivity index (χ4n) is 6.66. The molecule has 11 nitrogen and oxygen atoms in total. The summed E-state index contributed by atoms with van der Waals surface area (Å²) >= 11 is 0. The molecule has 0 saturated carbocycles. The van der Waals surface area contributed by atoms with E-state index in [1.54, 1.807) is 21.1 Å². The molecular weight excluding hydrogens is 583 g/mol. The van der Waals surface area contributed by atoms with Crippen LogP contribution in [0, 0.1) is 5.92 Å². The molecule has 1 amide bonds. The summed E-state index contributed by atoms with van der Waals surface area (Å²) in [4.78, 5) is 45.9. The van der Waals surface area contributed by atoms with Crippen molar-refractivity contribution >= 4 is 18.0 Å². The third kappa shape index (κ3) is 12.2. The number of amides is 1. The highest BCUT2D eigenvalue weighted by atomic mass is 19.3. The summed E-state index contributed by atoms with van der Waals surface area (Å²) in [6, 6.07) is 0.347. The van der Waals surface area contributed by atoms with E-state index in [0.29, 0.717) is 38.2 Å². The number of nitrogens with zero attached hydrogens (tertiary/aromatic N) is 3. The molecule has 3 aliphatic heterocycles. The number of Topliss-reactive ketones (excluding diaryl/α,β-unsaturated/α-hetero) is 1. The van der Waals surface area contributed by atoms with Gasteiger partial charge in [-0.25, -0.2) is 0 Å². The second kappa shape index (κ2) is 19.3. The van der Waals surface area contributed by atoms with Gasteiger partial charge in [-0.15, -0.1) is 0 Å². The number of carbonyl (C=O) groups excluding carboxylic acids is 3. The number of nitrogens with one attached hydrogen (secondary N) is 1. The lowest BCUT2D eigenvalue weighted by molar-refractivity contribution is -0.304. The molecule has 262 valence electrons. The molecule has 45 heavy (non-hydrogen) atoms. The average molecular weight is 645 g/mol. The van der Waals surface area contributed by atoms with Crippen molar-refractivity contribution in [3.8, 4) is 0 Å². The van der Waals surface area contributed by atoms with E-state index in [0.717, 1.165) is 71.1 Å². The molecule has 6 atom stereocenters. The van der Waals surface area contributed by atoms with Gasteiger partial charge >= 0.3 is 0 Å². The van der Waals surface area contributed by atoms with E-state index in [-0.39, 0.29) is 29.4 Å². The van der Waals surface area contributed by atoms with E-state index in [2.05, 4.69) is 27.1 Å². The van der Waals surface area contributed by atoms with Crippen LogP contribution in [0.3, 0.4) is 0 Å². The second-order valence-corrected chi connectivity index (χ2v) is 13.8. The molecule has 0 spiro atoms. The monoisotopic (exact) mass is 644 g/mol. The largest absolute Gasteiger partial charge is 0.383 e. The maximum atomic E-state index is 12.8. The molecule has 3 unspecified atom stereocenters. The number of halogens is 1. The molecule has 3 fully saturated rings. The van der Waals surface area contributed by atoms with Crippen LogP contribution in [0.1, 0.15) is 85.0 Å². The summed E-state index contributed by atoms with van der Waals surface area (Å²) in [6.45, 7) is 9.61. The van der Waals surface area contributed by atoms with Crippen molar-refractivity contribution in [2.45, 2.75) is 121 Å². The van der Waals surface area contributed by atoms with Crippen LogP contribution in [0.4, 0.5) is 4.53 Å². The zero-order valence-corrected chi connectivity index (χ0v) is 29.1. The second-order valence-electron chi connectivity index (χ2n) is 13.8. The molecule has 1 N–H and O–H groups in total. The molecule has 0 aromatic carbocycles. The van der Waals surface area contributed by atoms with Gasteiger partial charge < -0.3 is 34.1 Å². The van der Waals surface area contributed by atoms with Gasteiger partial charge in [-0.2, -0.15) is 4.94 Å². The number of aldehydes is 1. The number of ketones is 1. The molecule has 0 aromatic rings. The Balaban J connectivity index is 0.000000490. The first-order valence-corrected chi connectivity index (χ1v) is 16.7. The fraction of sp³-hybridized carbons (Fsp3) is 0.909. The Morgan fingerprint density at radius 2 is 1.87 bits per heavy atom. The number of likely N-dealkylation sites (tertiary alicyclic amines) is 1. The highest BCUT2D eigenvalue weighted by Gasteiger charge is 2.41. The van der Waals surface area contributed by atoms with E-state index >= 15 is 0 Å². The van der Waals surface area contributed by atoms with E-state index in [1.165, 1.54) is 0 Å². The van der Waals surface area contributed by atoms with Gasteiger partial charge in [0.05, 0.1) is 30.3 Å². The van der Waals surface area contributed by atoms with Crippen molar-refractivity contribution in [1.82, 2.24) is 20.0 Å². The van der Waals surface area contributed by atoms with Gasteiger partial charge in [-0.1, -0.05) is 0 Å². The minimum absolute atomic E-state index is 0.00854. The molecule has 3 rings (SSSR count). The zero-order valence-electron chi connectivity index (χ0n) is 29.1. The summed E-state index contributed by atoms with van der Waals surface area (Å²) in [5.74, 6) is -0.331. The molecule has 3 saturated heterocycles. The highest BCUT2D eigenvalue weighted by molar-refractivity contribution is 5.92.